The van der Waals surface area contributed by atoms with E-state index in [4.69, 9.17) is 0 Å². The minimum absolute atomic E-state index is 0.0595. The van der Waals surface area contributed by atoms with Crippen LogP contribution in [0, 0.1) is 0 Å². The van der Waals surface area contributed by atoms with Crippen molar-refractivity contribution in [3.63, 3.8) is 0 Å². The topological polar surface area (TPSA) is 44.4 Å². The molecule has 1 aliphatic rings. The molecule has 108 valence electrons. The molecule has 1 aromatic rings. The molecule has 4 nitrogen and oxygen atoms in total. The Hall–Kier alpha value is -1.81. The smallest absolute Gasteiger partial charge is 0.251 e. The lowest BCUT2D eigenvalue weighted by Crippen LogP contribution is -2.36. The fourth-order valence-corrected chi connectivity index (χ4v) is 2.37. The van der Waals surface area contributed by atoms with Crippen LogP contribution in [-0.4, -0.2) is 43.5 Å². The number of hydrogen-bond donors (Lipinski definition) is 2. The van der Waals surface area contributed by atoms with E-state index in [-0.39, 0.29) is 5.91 Å². The van der Waals surface area contributed by atoms with Crippen molar-refractivity contribution in [3.05, 3.63) is 42.5 Å². The molecule has 0 atom stereocenters. The summed E-state index contributed by atoms with van der Waals surface area (Å²) in [5.74, 6) is -0.0595. The second kappa shape index (κ2) is 7.10. The predicted octanol–water partition coefficient (Wildman–Crippen LogP) is 2.11. The van der Waals surface area contributed by atoms with E-state index in [1.165, 1.54) is 0 Å². The normalized spacial score (nSPS) is 16.6. The van der Waals surface area contributed by atoms with Gasteiger partial charge in [0.2, 0.25) is 0 Å². The van der Waals surface area contributed by atoms with Gasteiger partial charge in [-0.25, -0.2) is 0 Å². The minimum Gasteiger partial charge on any atom is -0.382 e. The van der Waals surface area contributed by atoms with E-state index >= 15 is 0 Å². The molecule has 0 unspecified atom stereocenters. The molecule has 1 saturated heterocycles. The summed E-state index contributed by atoms with van der Waals surface area (Å²) >= 11 is 0. The van der Waals surface area contributed by atoms with E-state index in [1.54, 1.807) is 6.08 Å². The van der Waals surface area contributed by atoms with Gasteiger partial charge in [-0.15, -0.1) is 6.58 Å². The third-order valence-electron chi connectivity index (χ3n) is 3.64. The lowest BCUT2D eigenvalue weighted by molar-refractivity contribution is 0.0958. The average Bonchev–Trinajstić information content (AvgIpc) is 2.48. The van der Waals surface area contributed by atoms with Crippen molar-refractivity contribution in [1.82, 2.24) is 10.2 Å². The maximum Gasteiger partial charge on any atom is 0.251 e. The van der Waals surface area contributed by atoms with Crippen LogP contribution in [0.4, 0.5) is 5.69 Å². The maximum atomic E-state index is 11.8. The number of piperidine rings is 1. The zero-order valence-corrected chi connectivity index (χ0v) is 12.1. The Balaban J connectivity index is 1.88. The molecule has 1 aromatic carbocycles. The first-order valence-corrected chi connectivity index (χ1v) is 7.13. The Labute approximate surface area is 120 Å². The fraction of sp³-hybridized carbons (Fsp3) is 0.438. The first-order chi connectivity index (χ1) is 9.69. The number of anilines is 1. The summed E-state index contributed by atoms with van der Waals surface area (Å²) in [5.41, 5.74) is 1.76. The lowest BCUT2D eigenvalue weighted by Gasteiger charge is -2.30. The number of rotatable bonds is 5. The molecular formula is C16H23N3O. The van der Waals surface area contributed by atoms with Crippen LogP contribution in [0.3, 0.4) is 0 Å². The Kier molecular flexibility index (Phi) is 5.18. The van der Waals surface area contributed by atoms with Crippen molar-refractivity contribution in [2.75, 3.05) is 32.0 Å². The van der Waals surface area contributed by atoms with E-state index in [2.05, 4.69) is 29.2 Å². The molecule has 4 heteroatoms. The summed E-state index contributed by atoms with van der Waals surface area (Å²) in [7, 11) is 2.16. The second-order valence-corrected chi connectivity index (χ2v) is 5.30. The summed E-state index contributed by atoms with van der Waals surface area (Å²) < 4.78 is 0. The summed E-state index contributed by atoms with van der Waals surface area (Å²) in [5, 5.41) is 6.31. The highest BCUT2D eigenvalue weighted by Gasteiger charge is 2.16. The molecule has 1 fully saturated rings. The predicted molar refractivity (Wildman–Crippen MR) is 83.1 cm³/mol. The van der Waals surface area contributed by atoms with E-state index < -0.39 is 0 Å². The molecule has 1 aliphatic heterocycles. The Morgan fingerprint density at radius 1 is 1.35 bits per heavy atom. The molecule has 0 spiro atoms. The molecule has 0 aliphatic carbocycles. The van der Waals surface area contributed by atoms with E-state index in [0.717, 1.165) is 31.6 Å². The Morgan fingerprint density at radius 2 is 2.00 bits per heavy atom. The fourth-order valence-electron chi connectivity index (χ4n) is 2.37. The standard InChI is InChI=1S/C16H23N3O/c1-3-10-17-16(20)13-4-6-14(7-5-13)18-15-8-11-19(2)12-9-15/h3-7,15,18H,1,8-12H2,2H3,(H,17,20). The second-order valence-electron chi connectivity index (χ2n) is 5.30. The van der Waals surface area contributed by atoms with Gasteiger partial charge in [-0.3, -0.25) is 4.79 Å². The van der Waals surface area contributed by atoms with Crippen LogP contribution in [-0.2, 0) is 0 Å². The largest absolute Gasteiger partial charge is 0.382 e. The zero-order valence-electron chi connectivity index (χ0n) is 12.1. The SMILES string of the molecule is C=CCNC(=O)c1ccc(NC2CCN(C)CC2)cc1. The van der Waals surface area contributed by atoms with Crippen LogP contribution < -0.4 is 10.6 Å². The van der Waals surface area contributed by atoms with Gasteiger partial charge in [0.25, 0.3) is 5.91 Å². The number of carbonyl (C=O) groups is 1. The number of nitrogens with zero attached hydrogens (tertiary/aromatic N) is 1. The van der Waals surface area contributed by atoms with Gasteiger partial charge in [0.1, 0.15) is 0 Å². The lowest BCUT2D eigenvalue weighted by atomic mass is 10.0. The van der Waals surface area contributed by atoms with Gasteiger partial charge in [0, 0.05) is 23.8 Å². The highest BCUT2D eigenvalue weighted by atomic mass is 16.1. The number of nitrogens with one attached hydrogen (secondary N) is 2. The van der Waals surface area contributed by atoms with E-state index in [1.807, 2.05) is 24.3 Å². The van der Waals surface area contributed by atoms with Gasteiger partial charge in [-0.1, -0.05) is 6.08 Å². The van der Waals surface area contributed by atoms with Crippen LogP contribution in [0.1, 0.15) is 23.2 Å². The Morgan fingerprint density at radius 3 is 2.60 bits per heavy atom. The summed E-state index contributed by atoms with van der Waals surface area (Å²) in [6, 6.07) is 8.19. The van der Waals surface area contributed by atoms with Crippen molar-refractivity contribution in [2.24, 2.45) is 0 Å². The first kappa shape index (κ1) is 14.6. The van der Waals surface area contributed by atoms with Gasteiger partial charge in [0.15, 0.2) is 0 Å². The van der Waals surface area contributed by atoms with Crippen LogP contribution in [0.5, 0.6) is 0 Å². The van der Waals surface area contributed by atoms with E-state index in [9.17, 15) is 4.79 Å². The van der Waals surface area contributed by atoms with Crippen molar-refractivity contribution in [1.29, 1.82) is 0 Å². The molecule has 2 N–H and O–H groups in total. The first-order valence-electron chi connectivity index (χ1n) is 7.13. The molecular weight excluding hydrogens is 250 g/mol. The minimum atomic E-state index is -0.0595. The molecule has 1 heterocycles. The van der Waals surface area contributed by atoms with Crippen LogP contribution >= 0.6 is 0 Å². The third-order valence-corrected chi connectivity index (χ3v) is 3.64. The Bertz CT molecular complexity index is 447. The van der Waals surface area contributed by atoms with Gasteiger partial charge in [-0.05, 0) is 57.2 Å². The molecule has 0 saturated carbocycles. The maximum absolute atomic E-state index is 11.8. The highest BCUT2D eigenvalue weighted by molar-refractivity contribution is 5.94. The van der Waals surface area contributed by atoms with Crippen molar-refractivity contribution in [3.8, 4) is 0 Å². The molecule has 0 aromatic heterocycles. The number of carbonyl (C=O) groups excluding carboxylic acids is 1. The van der Waals surface area contributed by atoms with Crippen molar-refractivity contribution < 1.29 is 4.79 Å². The van der Waals surface area contributed by atoms with Crippen molar-refractivity contribution in [2.45, 2.75) is 18.9 Å². The summed E-state index contributed by atoms with van der Waals surface area (Å²) in [6.45, 7) is 6.35. The molecule has 1 amide bonds. The quantitative estimate of drug-likeness (QED) is 0.808. The van der Waals surface area contributed by atoms with Crippen LogP contribution in [0.2, 0.25) is 0 Å². The van der Waals surface area contributed by atoms with Crippen molar-refractivity contribution >= 4 is 11.6 Å². The van der Waals surface area contributed by atoms with Gasteiger partial charge in [0.05, 0.1) is 0 Å². The molecule has 2 rings (SSSR count). The van der Waals surface area contributed by atoms with E-state index in [0.29, 0.717) is 18.2 Å². The zero-order chi connectivity index (χ0) is 14.4. The average molecular weight is 273 g/mol. The summed E-state index contributed by atoms with van der Waals surface area (Å²) in [4.78, 5) is 14.1. The monoisotopic (exact) mass is 273 g/mol. The number of benzene rings is 1. The molecule has 20 heavy (non-hydrogen) atoms. The molecule has 0 radical (unpaired) electrons. The molecule has 0 bridgehead atoms. The number of hydrogen-bond acceptors (Lipinski definition) is 3. The number of likely N-dealkylation sites (tertiary alicyclic amines) is 1. The highest BCUT2D eigenvalue weighted by Crippen LogP contribution is 2.16. The summed E-state index contributed by atoms with van der Waals surface area (Å²) in [6.07, 6.45) is 4.00. The third kappa shape index (κ3) is 4.10. The number of amides is 1. The van der Waals surface area contributed by atoms with Crippen LogP contribution in [0.25, 0.3) is 0 Å². The van der Waals surface area contributed by atoms with Crippen LogP contribution in [0.15, 0.2) is 36.9 Å². The van der Waals surface area contributed by atoms with Gasteiger partial charge < -0.3 is 15.5 Å². The van der Waals surface area contributed by atoms with Gasteiger partial charge in [-0.2, -0.15) is 0 Å². The van der Waals surface area contributed by atoms with Gasteiger partial charge >= 0.3 is 0 Å².